The highest BCUT2D eigenvalue weighted by molar-refractivity contribution is 6.01. The van der Waals surface area contributed by atoms with Crippen LogP contribution in [0.25, 0.3) is 0 Å². The van der Waals surface area contributed by atoms with E-state index in [0.717, 1.165) is 6.07 Å². The predicted molar refractivity (Wildman–Crippen MR) is 67.4 cm³/mol. The lowest BCUT2D eigenvalue weighted by atomic mass is 10.1. The summed E-state index contributed by atoms with van der Waals surface area (Å²) < 4.78 is 13.3. The van der Waals surface area contributed by atoms with Gasteiger partial charge in [0.15, 0.2) is 0 Å². The van der Waals surface area contributed by atoms with Crippen molar-refractivity contribution in [2.45, 2.75) is 12.5 Å². The number of hydrogen-bond acceptors (Lipinski definition) is 4. The number of hydrogen-bond donors (Lipinski definition) is 3. The summed E-state index contributed by atoms with van der Waals surface area (Å²) in [7, 11) is 1.67. The molecule has 2 rings (SSSR count). The third-order valence-corrected chi connectivity index (χ3v) is 3.16. The van der Waals surface area contributed by atoms with Crippen molar-refractivity contribution >= 4 is 23.3 Å². The van der Waals surface area contributed by atoms with Crippen LogP contribution in [-0.4, -0.2) is 41.5 Å². The molecular weight excluding hydrogens is 253 g/mol. The summed E-state index contributed by atoms with van der Waals surface area (Å²) in [5, 5.41) is 11.9. The smallest absolute Gasteiger partial charge is 0.340 e. The Bertz CT molecular complexity index is 547. The van der Waals surface area contributed by atoms with E-state index in [1.54, 1.807) is 11.9 Å². The first-order chi connectivity index (χ1) is 8.91. The van der Waals surface area contributed by atoms with Crippen LogP contribution in [0.5, 0.6) is 0 Å². The number of carboxylic acid groups (broad SMARTS) is 1. The fourth-order valence-corrected chi connectivity index (χ4v) is 2.09. The Balaban J connectivity index is 2.33. The number of aromatic carboxylic acids is 1. The number of carboxylic acids is 1. The van der Waals surface area contributed by atoms with Gasteiger partial charge in [0.1, 0.15) is 17.4 Å². The molecule has 1 unspecified atom stereocenters. The Morgan fingerprint density at radius 2 is 2.26 bits per heavy atom. The molecule has 4 N–H and O–H groups in total. The SMILES string of the molecule is CN1CCC(Nc2ccc(F)c(N)c2C(=O)O)C1=O. The van der Waals surface area contributed by atoms with E-state index in [-0.39, 0.29) is 17.2 Å². The summed E-state index contributed by atoms with van der Waals surface area (Å²) in [4.78, 5) is 24.4. The summed E-state index contributed by atoms with van der Waals surface area (Å²) in [5.74, 6) is -2.25. The molecule has 1 aromatic rings. The number of likely N-dealkylation sites (tertiary alicyclic amines) is 1. The first kappa shape index (κ1) is 13.1. The van der Waals surface area contributed by atoms with Crippen molar-refractivity contribution in [2.75, 3.05) is 24.6 Å². The molecule has 0 saturated carbocycles. The number of carbonyl (C=O) groups is 2. The molecular formula is C12H14FN3O3. The molecule has 1 fully saturated rings. The van der Waals surface area contributed by atoms with Crippen LogP contribution in [0, 0.1) is 5.82 Å². The van der Waals surface area contributed by atoms with Crippen molar-refractivity contribution in [3.05, 3.63) is 23.5 Å². The number of nitrogens with two attached hydrogens (primary N) is 1. The number of likely N-dealkylation sites (N-methyl/N-ethyl adjacent to an activating group) is 1. The number of amides is 1. The summed E-state index contributed by atoms with van der Waals surface area (Å²) in [6, 6.07) is 1.85. The summed E-state index contributed by atoms with van der Waals surface area (Å²) >= 11 is 0. The standard InChI is InChI=1S/C12H14FN3O3/c1-16-5-4-8(11(16)17)15-7-3-2-6(13)10(14)9(7)12(18)19/h2-3,8,15H,4-5,14H2,1H3,(H,18,19). The van der Waals surface area contributed by atoms with Crippen molar-refractivity contribution in [1.29, 1.82) is 0 Å². The normalized spacial score (nSPS) is 18.7. The molecule has 0 aliphatic carbocycles. The molecule has 1 saturated heterocycles. The van der Waals surface area contributed by atoms with E-state index in [1.807, 2.05) is 0 Å². The van der Waals surface area contributed by atoms with Crippen LogP contribution in [0.15, 0.2) is 12.1 Å². The molecule has 1 heterocycles. The highest BCUT2D eigenvalue weighted by Gasteiger charge is 2.30. The lowest BCUT2D eigenvalue weighted by Crippen LogP contribution is -2.31. The third kappa shape index (κ3) is 2.31. The van der Waals surface area contributed by atoms with Crippen LogP contribution in [0.4, 0.5) is 15.8 Å². The molecule has 1 aliphatic rings. The van der Waals surface area contributed by atoms with E-state index >= 15 is 0 Å². The number of rotatable bonds is 3. The first-order valence-electron chi connectivity index (χ1n) is 5.74. The molecule has 0 aromatic heterocycles. The number of halogens is 1. The van der Waals surface area contributed by atoms with Crippen LogP contribution in [0.1, 0.15) is 16.8 Å². The Morgan fingerprint density at radius 3 is 2.79 bits per heavy atom. The highest BCUT2D eigenvalue weighted by Crippen LogP contribution is 2.27. The average Bonchev–Trinajstić information content (AvgIpc) is 2.65. The second kappa shape index (κ2) is 4.75. The fourth-order valence-electron chi connectivity index (χ4n) is 2.09. The molecule has 7 heteroatoms. The maximum atomic E-state index is 13.3. The van der Waals surface area contributed by atoms with Gasteiger partial charge >= 0.3 is 5.97 Å². The summed E-state index contributed by atoms with van der Waals surface area (Å²) in [5.41, 5.74) is 4.80. The molecule has 0 bridgehead atoms. The zero-order valence-electron chi connectivity index (χ0n) is 10.3. The number of nitrogens with zero attached hydrogens (tertiary/aromatic N) is 1. The van der Waals surface area contributed by atoms with E-state index in [4.69, 9.17) is 10.8 Å². The molecule has 1 atom stereocenters. The van der Waals surface area contributed by atoms with Gasteiger partial charge in [-0.05, 0) is 18.6 Å². The maximum absolute atomic E-state index is 13.3. The van der Waals surface area contributed by atoms with E-state index in [1.165, 1.54) is 6.07 Å². The minimum Gasteiger partial charge on any atom is -0.478 e. The van der Waals surface area contributed by atoms with E-state index in [9.17, 15) is 14.0 Å². The minimum absolute atomic E-state index is 0.126. The van der Waals surface area contributed by atoms with Crippen LogP contribution in [0.2, 0.25) is 0 Å². The maximum Gasteiger partial charge on any atom is 0.340 e. The minimum atomic E-state index is -1.33. The second-order valence-electron chi connectivity index (χ2n) is 4.43. The summed E-state index contributed by atoms with van der Waals surface area (Å²) in [6.07, 6.45) is 0.561. The van der Waals surface area contributed by atoms with Crippen molar-refractivity contribution in [3.63, 3.8) is 0 Å². The monoisotopic (exact) mass is 267 g/mol. The van der Waals surface area contributed by atoms with Gasteiger partial charge in [-0.25, -0.2) is 9.18 Å². The Labute approximate surface area is 109 Å². The van der Waals surface area contributed by atoms with Gasteiger partial charge in [-0.1, -0.05) is 0 Å². The first-order valence-corrected chi connectivity index (χ1v) is 5.74. The van der Waals surface area contributed by atoms with Crippen LogP contribution in [-0.2, 0) is 4.79 Å². The average molecular weight is 267 g/mol. The number of carbonyl (C=O) groups excluding carboxylic acids is 1. The fraction of sp³-hybridized carbons (Fsp3) is 0.333. The van der Waals surface area contributed by atoms with E-state index < -0.39 is 23.5 Å². The van der Waals surface area contributed by atoms with Gasteiger partial charge in [0.25, 0.3) is 0 Å². The zero-order valence-corrected chi connectivity index (χ0v) is 10.3. The molecule has 6 nitrogen and oxygen atoms in total. The predicted octanol–water partition coefficient (Wildman–Crippen LogP) is 0.749. The highest BCUT2D eigenvalue weighted by atomic mass is 19.1. The van der Waals surface area contributed by atoms with Crippen LogP contribution in [0.3, 0.4) is 0 Å². The van der Waals surface area contributed by atoms with Gasteiger partial charge in [0.05, 0.1) is 11.4 Å². The van der Waals surface area contributed by atoms with Gasteiger partial charge in [0.2, 0.25) is 5.91 Å². The molecule has 0 spiro atoms. The molecule has 19 heavy (non-hydrogen) atoms. The lowest BCUT2D eigenvalue weighted by Gasteiger charge is -2.16. The van der Waals surface area contributed by atoms with E-state index in [2.05, 4.69) is 5.32 Å². The van der Waals surface area contributed by atoms with Crippen molar-refractivity contribution in [1.82, 2.24) is 4.90 Å². The summed E-state index contributed by atoms with van der Waals surface area (Å²) in [6.45, 7) is 0.593. The number of nitrogens with one attached hydrogen (secondary N) is 1. The molecule has 0 radical (unpaired) electrons. The van der Waals surface area contributed by atoms with Crippen molar-refractivity contribution in [3.8, 4) is 0 Å². The molecule has 1 aromatic carbocycles. The van der Waals surface area contributed by atoms with Crippen LogP contribution >= 0.6 is 0 Å². The number of nitrogen functional groups attached to an aromatic ring is 1. The van der Waals surface area contributed by atoms with Gasteiger partial charge < -0.3 is 21.1 Å². The quantitative estimate of drug-likeness (QED) is 0.702. The van der Waals surface area contributed by atoms with Crippen molar-refractivity contribution in [2.24, 2.45) is 0 Å². The Kier molecular flexibility index (Phi) is 3.28. The second-order valence-corrected chi connectivity index (χ2v) is 4.43. The molecule has 102 valence electrons. The largest absolute Gasteiger partial charge is 0.478 e. The van der Waals surface area contributed by atoms with Gasteiger partial charge in [-0.3, -0.25) is 4.79 Å². The number of benzene rings is 1. The Hall–Kier alpha value is -2.31. The topological polar surface area (TPSA) is 95.7 Å². The van der Waals surface area contributed by atoms with Gasteiger partial charge in [-0.15, -0.1) is 0 Å². The lowest BCUT2D eigenvalue weighted by molar-refractivity contribution is -0.127. The van der Waals surface area contributed by atoms with Gasteiger partial charge in [-0.2, -0.15) is 0 Å². The molecule has 1 amide bonds. The van der Waals surface area contributed by atoms with E-state index in [0.29, 0.717) is 13.0 Å². The van der Waals surface area contributed by atoms with Crippen molar-refractivity contribution < 1.29 is 19.1 Å². The third-order valence-electron chi connectivity index (χ3n) is 3.16. The zero-order chi connectivity index (χ0) is 14.2. The molecule has 1 aliphatic heterocycles. The van der Waals surface area contributed by atoms with Gasteiger partial charge in [0, 0.05) is 13.6 Å². The van der Waals surface area contributed by atoms with Crippen LogP contribution < -0.4 is 11.1 Å². The Morgan fingerprint density at radius 1 is 1.58 bits per heavy atom. The number of anilines is 2.